The maximum Gasteiger partial charge on any atom is 0.264 e. The molecule has 1 aliphatic carbocycles. The van der Waals surface area contributed by atoms with Crippen molar-refractivity contribution in [2.75, 3.05) is 19.5 Å². The van der Waals surface area contributed by atoms with Gasteiger partial charge in [0, 0.05) is 6.61 Å². The Kier molecular flexibility index (Phi) is 5.02. The van der Waals surface area contributed by atoms with Crippen molar-refractivity contribution in [2.24, 2.45) is 5.92 Å². The second kappa shape index (κ2) is 5.82. The molecule has 0 spiro atoms. The third kappa shape index (κ3) is 5.49. The Hall–Kier alpha value is -0.130. The Labute approximate surface area is 92.1 Å². The van der Waals surface area contributed by atoms with Gasteiger partial charge in [0.25, 0.3) is 10.1 Å². The molecular weight excluding hydrogens is 216 g/mol. The minimum atomic E-state index is -3.27. The minimum Gasteiger partial charge on any atom is -0.378 e. The molecule has 0 aromatic rings. The van der Waals surface area contributed by atoms with E-state index >= 15 is 0 Å². The maximum atomic E-state index is 10.7. The van der Waals surface area contributed by atoms with Crippen LogP contribution in [0.3, 0.4) is 0 Å². The average Bonchev–Trinajstić information content (AvgIpc) is 2.05. The lowest BCUT2D eigenvalue weighted by molar-refractivity contribution is -0.0418. The van der Waals surface area contributed by atoms with Gasteiger partial charge in [-0.15, -0.1) is 0 Å². The van der Waals surface area contributed by atoms with E-state index in [4.69, 9.17) is 8.92 Å². The zero-order valence-electron chi connectivity index (χ0n) is 9.44. The quantitative estimate of drug-likeness (QED) is 0.497. The predicted molar refractivity (Wildman–Crippen MR) is 58.2 cm³/mol. The van der Waals surface area contributed by atoms with Crippen LogP contribution in [0.25, 0.3) is 0 Å². The molecule has 5 heteroatoms. The summed E-state index contributed by atoms with van der Waals surface area (Å²) in [7, 11) is -3.27. The Balaban J connectivity index is 2.00. The molecule has 90 valence electrons. The molecule has 0 aromatic carbocycles. The minimum absolute atomic E-state index is 0.312. The second-order valence-electron chi connectivity index (χ2n) is 4.17. The van der Waals surface area contributed by atoms with Gasteiger partial charge < -0.3 is 4.74 Å². The molecule has 0 saturated heterocycles. The van der Waals surface area contributed by atoms with Crippen LogP contribution < -0.4 is 0 Å². The summed E-state index contributed by atoms with van der Waals surface area (Å²) in [6, 6.07) is 0. The van der Waals surface area contributed by atoms with Gasteiger partial charge >= 0.3 is 0 Å². The van der Waals surface area contributed by atoms with Gasteiger partial charge in [0.05, 0.1) is 19.0 Å². The van der Waals surface area contributed by atoms with Crippen LogP contribution in [0.1, 0.15) is 32.6 Å². The largest absolute Gasteiger partial charge is 0.378 e. The van der Waals surface area contributed by atoms with Crippen molar-refractivity contribution in [3.8, 4) is 0 Å². The summed E-state index contributed by atoms with van der Waals surface area (Å²) in [4.78, 5) is 0. The molecule has 0 heterocycles. The van der Waals surface area contributed by atoms with Crippen molar-refractivity contribution in [1.29, 1.82) is 0 Å². The van der Waals surface area contributed by atoms with Crippen LogP contribution in [0.5, 0.6) is 0 Å². The van der Waals surface area contributed by atoms with Gasteiger partial charge in [-0.2, -0.15) is 8.42 Å². The van der Waals surface area contributed by atoms with Crippen LogP contribution in [0, 0.1) is 5.92 Å². The molecule has 0 radical (unpaired) electrons. The lowest BCUT2D eigenvalue weighted by Gasteiger charge is -2.34. The highest BCUT2D eigenvalue weighted by molar-refractivity contribution is 7.85. The zero-order valence-corrected chi connectivity index (χ0v) is 10.3. The van der Waals surface area contributed by atoms with Crippen molar-refractivity contribution in [1.82, 2.24) is 0 Å². The van der Waals surface area contributed by atoms with Gasteiger partial charge in [-0.25, -0.2) is 0 Å². The Morgan fingerprint density at radius 1 is 1.33 bits per heavy atom. The summed E-state index contributed by atoms with van der Waals surface area (Å²) in [5.41, 5.74) is 0. The van der Waals surface area contributed by atoms with Crippen LogP contribution in [0.4, 0.5) is 0 Å². The van der Waals surface area contributed by atoms with Gasteiger partial charge in [-0.05, 0) is 25.2 Å². The smallest absolute Gasteiger partial charge is 0.264 e. The van der Waals surface area contributed by atoms with Crippen LogP contribution >= 0.6 is 0 Å². The summed E-state index contributed by atoms with van der Waals surface area (Å²) >= 11 is 0. The molecule has 0 amide bonds. The molecule has 1 saturated carbocycles. The van der Waals surface area contributed by atoms with E-state index in [-0.39, 0.29) is 0 Å². The van der Waals surface area contributed by atoms with E-state index in [1.807, 2.05) is 0 Å². The summed E-state index contributed by atoms with van der Waals surface area (Å²) < 4.78 is 31.7. The fourth-order valence-electron chi connectivity index (χ4n) is 1.56. The van der Waals surface area contributed by atoms with Crippen LogP contribution in [-0.2, 0) is 19.0 Å². The van der Waals surface area contributed by atoms with E-state index in [1.165, 1.54) is 0 Å². The topological polar surface area (TPSA) is 52.6 Å². The fraction of sp³-hybridized carbons (Fsp3) is 1.00. The van der Waals surface area contributed by atoms with Crippen molar-refractivity contribution < 1.29 is 17.3 Å². The zero-order chi connectivity index (χ0) is 11.3. The van der Waals surface area contributed by atoms with E-state index in [2.05, 4.69) is 6.92 Å². The molecule has 0 N–H and O–H groups in total. The molecule has 1 aliphatic rings. The van der Waals surface area contributed by atoms with Crippen molar-refractivity contribution >= 4 is 10.1 Å². The molecular formula is C10H20O4S. The Morgan fingerprint density at radius 3 is 2.53 bits per heavy atom. The van der Waals surface area contributed by atoms with Crippen molar-refractivity contribution in [3.63, 3.8) is 0 Å². The first-order valence-electron chi connectivity index (χ1n) is 5.47. The third-order valence-corrected chi connectivity index (χ3v) is 3.13. The maximum absolute atomic E-state index is 10.7. The molecule has 0 bridgehead atoms. The summed E-state index contributed by atoms with van der Waals surface area (Å²) in [6.07, 6.45) is 5.51. The highest BCUT2D eigenvalue weighted by Gasteiger charge is 2.30. The molecule has 15 heavy (non-hydrogen) atoms. The summed E-state index contributed by atoms with van der Waals surface area (Å²) in [5, 5.41) is 0. The second-order valence-corrected chi connectivity index (χ2v) is 5.82. The lowest BCUT2D eigenvalue weighted by atomic mass is 9.83. The van der Waals surface area contributed by atoms with Crippen LogP contribution in [0.2, 0.25) is 0 Å². The first-order valence-corrected chi connectivity index (χ1v) is 7.29. The Morgan fingerprint density at radius 2 is 2.00 bits per heavy atom. The Bertz CT molecular complexity index is 267. The average molecular weight is 236 g/mol. The molecule has 0 aromatic heterocycles. The number of hydrogen-bond donors (Lipinski definition) is 0. The molecule has 4 nitrogen and oxygen atoms in total. The van der Waals surface area contributed by atoms with E-state index in [0.29, 0.717) is 18.6 Å². The summed E-state index contributed by atoms with van der Waals surface area (Å²) in [6.45, 7) is 3.26. The third-order valence-electron chi connectivity index (χ3n) is 2.56. The van der Waals surface area contributed by atoms with Gasteiger partial charge in [-0.3, -0.25) is 4.18 Å². The molecule has 1 fully saturated rings. The highest BCUT2D eigenvalue weighted by atomic mass is 32.2. The van der Waals surface area contributed by atoms with E-state index in [1.54, 1.807) is 0 Å². The van der Waals surface area contributed by atoms with Gasteiger partial charge in [0.2, 0.25) is 0 Å². The van der Waals surface area contributed by atoms with Gasteiger partial charge in [0.1, 0.15) is 0 Å². The van der Waals surface area contributed by atoms with E-state index in [9.17, 15) is 8.42 Å². The number of ether oxygens (including phenoxy) is 1. The molecule has 0 unspecified atom stereocenters. The summed E-state index contributed by atoms with van der Waals surface area (Å²) in [5.74, 6) is 0.353. The number of hydrogen-bond acceptors (Lipinski definition) is 4. The number of rotatable bonds is 7. The van der Waals surface area contributed by atoms with Crippen molar-refractivity contribution in [2.45, 2.75) is 38.7 Å². The van der Waals surface area contributed by atoms with Crippen molar-refractivity contribution in [3.05, 3.63) is 0 Å². The number of unbranched alkanes of at least 4 members (excludes halogenated alkanes) is 1. The monoisotopic (exact) mass is 236 g/mol. The van der Waals surface area contributed by atoms with Gasteiger partial charge in [0.15, 0.2) is 0 Å². The lowest BCUT2D eigenvalue weighted by Crippen LogP contribution is -2.34. The van der Waals surface area contributed by atoms with E-state index in [0.717, 1.165) is 38.5 Å². The predicted octanol–water partition coefficient (Wildman–Crippen LogP) is 1.56. The SMILES string of the molecule is CCCCOC1CC(COS(C)(=O)=O)C1. The standard InChI is InChI=1S/C10H20O4S/c1-3-4-5-13-10-6-9(7-10)8-14-15(2,11)12/h9-10H,3-8H2,1-2H3. The first kappa shape index (κ1) is 12.9. The molecule has 1 rings (SSSR count). The first-order chi connectivity index (χ1) is 7.01. The highest BCUT2D eigenvalue weighted by Crippen LogP contribution is 2.30. The van der Waals surface area contributed by atoms with Crippen LogP contribution in [0.15, 0.2) is 0 Å². The van der Waals surface area contributed by atoms with Crippen LogP contribution in [-0.4, -0.2) is 34.0 Å². The van der Waals surface area contributed by atoms with E-state index < -0.39 is 10.1 Å². The molecule has 0 atom stereocenters. The normalized spacial score (nSPS) is 26.3. The fourth-order valence-corrected chi connectivity index (χ4v) is 2.00. The van der Waals surface area contributed by atoms with Gasteiger partial charge in [-0.1, -0.05) is 13.3 Å². The molecule has 0 aliphatic heterocycles.